The zero-order chi connectivity index (χ0) is 19.4. The number of ether oxygens (including phenoxy) is 1. The maximum absolute atomic E-state index is 10.5. The Morgan fingerprint density at radius 1 is 0.815 bits per heavy atom. The largest absolute Gasteiger partial charge is 0.456 e. The highest BCUT2D eigenvalue weighted by atomic mass is 16.5. The van der Waals surface area contributed by atoms with E-state index in [1.54, 1.807) is 12.1 Å². The summed E-state index contributed by atoms with van der Waals surface area (Å²) in [5, 5.41) is 0. The number of furan rings is 1. The Kier molecular flexibility index (Phi) is 15.8. The molecule has 0 atom stereocenters. The first kappa shape index (κ1) is 23.7. The van der Waals surface area contributed by atoms with Gasteiger partial charge in [-0.25, -0.2) is 0 Å². The van der Waals surface area contributed by atoms with Gasteiger partial charge in [-0.05, 0) is 44.2 Å². The van der Waals surface area contributed by atoms with Crippen LogP contribution in [-0.4, -0.2) is 12.9 Å². The molecule has 1 aromatic heterocycles. The van der Waals surface area contributed by atoms with Gasteiger partial charge >= 0.3 is 0 Å². The number of hydrogen-bond acceptors (Lipinski definition) is 3. The van der Waals surface area contributed by atoms with Crippen LogP contribution >= 0.6 is 0 Å². The summed E-state index contributed by atoms with van der Waals surface area (Å²) in [6.45, 7) is 3.49. The number of unbranched alkanes of at least 4 members (excludes halogenated alkanes) is 12. The van der Waals surface area contributed by atoms with Gasteiger partial charge in [-0.2, -0.15) is 0 Å². The maximum Gasteiger partial charge on any atom is 0.185 e. The summed E-state index contributed by atoms with van der Waals surface area (Å²) in [6, 6.07) is 3.47. The molecule has 0 saturated carbocycles. The van der Waals surface area contributed by atoms with Gasteiger partial charge in [-0.3, -0.25) is 4.79 Å². The van der Waals surface area contributed by atoms with Crippen LogP contribution in [0.15, 0.2) is 28.7 Å². The molecule has 0 aromatic carbocycles. The smallest absolute Gasteiger partial charge is 0.185 e. The second kappa shape index (κ2) is 18.0. The van der Waals surface area contributed by atoms with Crippen LogP contribution < -0.4 is 0 Å². The molecule has 0 radical (unpaired) electrons. The second-order valence-electron chi connectivity index (χ2n) is 7.41. The van der Waals surface area contributed by atoms with Crippen molar-refractivity contribution in [3.63, 3.8) is 0 Å². The molecular weight excluding hydrogens is 336 g/mol. The highest BCUT2D eigenvalue weighted by Gasteiger charge is 2.00. The monoisotopic (exact) mass is 376 g/mol. The first-order valence-electron chi connectivity index (χ1n) is 11.1. The molecule has 1 rings (SSSR count). The van der Waals surface area contributed by atoms with Crippen molar-refractivity contribution in [3.05, 3.63) is 35.8 Å². The second-order valence-corrected chi connectivity index (χ2v) is 7.41. The van der Waals surface area contributed by atoms with Gasteiger partial charge in [0.15, 0.2) is 12.0 Å². The van der Waals surface area contributed by atoms with Gasteiger partial charge in [0.05, 0.1) is 0 Å². The molecule has 0 aliphatic rings. The summed E-state index contributed by atoms with van der Waals surface area (Å²) in [6.07, 6.45) is 23.9. The van der Waals surface area contributed by atoms with Gasteiger partial charge in [-0.15, -0.1) is 0 Å². The zero-order valence-electron chi connectivity index (χ0n) is 17.4. The molecule has 0 spiro atoms. The Morgan fingerprint density at radius 2 is 1.41 bits per heavy atom. The molecule has 0 amide bonds. The SMILES string of the molecule is CCCCCCCC/C=C/CCCCCCCCOCc1ccc(C=O)o1. The van der Waals surface area contributed by atoms with Crippen LogP contribution in [0.1, 0.15) is 113 Å². The summed E-state index contributed by atoms with van der Waals surface area (Å²) >= 11 is 0. The number of allylic oxidation sites excluding steroid dienone is 2. The van der Waals surface area contributed by atoms with Crippen molar-refractivity contribution in [3.8, 4) is 0 Å². The molecule has 0 bridgehead atoms. The van der Waals surface area contributed by atoms with Crippen LogP contribution in [0.25, 0.3) is 0 Å². The van der Waals surface area contributed by atoms with Gasteiger partial charge in [0.2, 0.25) is 0 Å². The van der Waals surface area contributed by atoms with Crippen LogP contribution in [-0.2, 0) is 11.3 Å². The molecule has 27 heavy (non-hydrogen) atoms. The molecule has 3 heteroatoms. The van der Waals surface area contributed by atoms with E-state index < -0.39 is 0 Å². The first-order chi connectivity index (χ1) is 13.4. The van der Waals surface area contributed by atoms with Gasteiger partial charge < -0.3 is 9.15 Å². The Balaban J connectivity index is 1.76. The van der Waals surface area contributed by atoms with E-state index in [0.717, 1.165) is 25.1 Å². The number of carbonyl (C=O) groups is 1. The van der Waals surface area contributed by atoms with Crippen molar-refractivity contribution in [2.45, 2.75) is 103 Å². The molecule has 1 aromatic rings. The average Bonchev–Trinajstić information content (AvgIpc) is 3.15. The standard InChI is InChI=1S/C24H40O3/c1-2-3-4-5-6-7-8-9-10-11-12-13-14-15-16-17-20-26-22-24-19-18-23(21-25)27-24/h9-10,18-19,21H,2-8,11-17,20,22H2,1H3/b10-9+. The van der Waals surface area contributed by atoms with E-state index in [1.807, 2.05) is 0 Å². The summed E-state index contributed by atoms with van der Waals surface area (Å²) in [4.78, 5) is 10.5. The summed E-state index contributed by atoms with van der Waals surface area (Å²) in [7, 11) is 0. The van der Waals surface area contributed by atoms with E-state index in [0.29, 0.717) is 12.4 Å². The average molecular weight is 377 g/mol. The lowest BCUT2D eigenvalue weighted by Gasteiger charge is -2.03. The molecule has 0 aliphatic heterocycles. The van der Waals surface area contributed by atoms with Crippen molar-refractivity contribution >= 4 is 6.29 Å². The van der Waals surface area contributed by atoms with E-state index in [1.165, 1.54) is 83.5 Å². The molecule has 1 heterocycles. The maximum atomic E-state index is 10.5. The lowest BCUT2D eigenvalue weighted by atomic mass is 10.1. The topological polar surface area (TPSA) is 39.4 Å². The molecule has 0 unspecified atom stereocenters. The summed E-state index contributed by atoms with van der Waals surface area (Å²) in [5.74, 6) is 1.09. The molecule has 3 nitrogen and oxygen atoms in total. The van der Waals surface area contributed by atoms with Gasteiger partial charge in [0, 0.05) is 6.61 Å². The number of carbonyl (C=O) groups excluding carboxylic acids is 1. The molecule has 0 fully saturated rings. The van der Waals surface area contributed by atoms with E-state index in [9.17, 15) is 4.79 Å². The molecule has 154 valence electrons. The lowest BCUT2D eigenvalue weighted by molar-refractivity contribution is 0.0986. The van der Waals surface area contributed by atoms with Crippen molar-refractivity contribution in [2.24, 2.45) is 0 Å². The van der Waals surface area contributed by atoms with Crippen molar-refractivity contribution < 1.29 is 13.9 Å². The van der Waals surface area contributed by atoms with Crippen LogP contribution in [0.2, 0.25) is 0 Å². The predicted molar refractivity (Wildman–Crippen MR) is 113 cm³/mol. The van der Waals surface area contributed by atoms with Gasteiger partial charge in [0.25, 0.3) is 0 Å². The third kappa shape index (κ3) is 14.4. The van der Waals surface area contributed by atoms with E-state index in [4.69, 9.17) is 9.15 Å². The first-order valence-corrected chi connectivity index (χ1v) is 11.1. The van der Waals surface area contributed by atoms with E-state index >= 15 is 0 Å². The van der Waals surface area contributed by atoms with E-state index in [2.05, 4.69) is 19.1 Å². The highest BCUT2D eigenvalue weighted by Crippen LogP contribution is 2.11. The minimum absolute atomic E-state index is 0.367. The molecule has 0 N–H and O–H groups in total. The van der Waals surface area contributed by atoms with Crippen LogP contribution in [0.5, 0.6) is 0 Å². The van der Waals surface area contributed by atoms with Crippen molar-refractivity contribution in [1.29, 1.82) is 0 Å². The van der Waals surface area contributed by atoms with Crippen LogP contribution in [0.3, 0.4) is 0 Å². The summed E-state index contributed by atoms with van der Waals surface area (Å²) in [5.41, 5.74) is 0. The number of aldehydes is 1. The van der Waals surface area contributed by atoms with Gasteiger partial charge in [0.1, 0.15) is 12.4 Å². The van der Waals surface area contributed by atoms with Crippen LogP contribution in [0.4, 0.5) is 0 Å². The Morgan fingerprint density at radius 3 is 2.00 bits per heavy atom. The number of rotatable bonds is 19. The predicted octanol–water partition coefficient (Wildman–Crippen LogP) is 7.65. The lowest BCUT2D eigenvalue weighted by Crippen LogP contribution is -1.94. The fourth-order valence-corrected chi connectivity index (χ4v) is 3.16. The minimum Gasteiger partial charge on any atom is -0.456 e. The molecule has 0 aliphatic carbocycles. The fourth-order valence-electron chi connectivity index (χ4n) is 3.16. The third-order valence-corrected chi connectivity index (χ3v) is 4.84. The Bertz CT molecular complexity index is 476. The zero-order valence-corrected chi connectivity index (χ0v) is 17.4. The van der Waals surface area contributed by atoms with Crippen molar-refractivity contribution in [1.82, 2.24) is 0 Å². The van der Waals surface area contributed by atoms with Crippen LogP contribution in [0, 0.1) is 0 Å². The number of hydrogen-bond donors (Lipinski definition) is 0. The Hall–Kier alpha value is -1.35. The third-order valence-electron chi connectivity index (χ3n) is 4.84. The van der Waals surface area contributed by atoms with Crippen molar-refractivity contribution in [2.75, 3.05) is 6.61 Å². The molecular formula is C24H40O3. The normalized spacial score (nSPS) is 11.4. The summed E-state index contributed by atoms with van der Waals surface area (Å²) < 4.78 is 10.8. The van der Waals surface area contributed by atoms with Gasteiger partial charge in [-0.1, -0.05) is 76.9 Å². The quantitative estimate of drug-likeness (QED) is 0.141. The minimum atomic E-state index is 0.367. The Labute approximate surface area is 166 Å². The molecule has 0 saturated heterocycles. The fraction of sp³-hybridized carbons (Fsp3) is 0.708. The van der Waals surface area contributed by atoms with E-state index in [-0.39, 0.29) is 0 Å². The highest BCUT2D eigenvalue weighted by molar-refractivity contribution is 5.70.